The topological polar surface area (TPSA) is 86.0 Å². The lowest BCUT2D eigenvalue weighted by atomic mass is 10.1. The highest BCUT2D eigenvalue weighted by molar-refractivity contribution is 7.89. The monoisotopic (exact) mass is 279 g/mol. The SMILES string of the molecule is O=c1[nH][nH]c2c1CN(S(=O)(=O)c1ccccc1)CC2. The van der Waals surface area contributed by atoms with Gasteiger partial charge >= 0.3 is 0 Å². The quantitative estimate of drug-likeness (QED) is 0.837. The smallest absolute Gasteiger partial charge is 0.268 e. The Labute approximate surface area is 110 Å². The van der Waals surface area contributed by atoms with Crippen molar-refractivity contribution < 1.29 is 8.42 Å². The lowest BCUT2D eigenvalue weighted by Crippen LogP contribution is -2.37. The third kappa shape index (κ3) is 2.00. The van der Waals surface area contributed by atoms with Gasteiger partial charge in [-0.1, -0.05) is 18.2 Å². The molecule has 0 fully saturated rings. The molecule has 0 saturated heterocycles. The van der Waals surface area contributed by atoms with E-state index in [1.807, 2.05) is 0 Å². The second-order valence-corrected chi connectivity index (χ2v) is 6.38. The molecular formula is C12H13N3O3S. The van der Waals surface area contributed by atoms with E-state index in [1.54, 1.807) is 30.3 Å². The average molecular weight is 279 g/mol. The van der Waals surface area contributed by atoms with Gasteiger partial charge in [-0.25, -0.2) is 8.42 Å². The molecule has 1 aromatic carbocycles. The van der Waals surface area contributed by atoms with Crippen LogP contribution in [-0.2, 0) is 23.0 Å². The number of fused-ring (bicyclic) bond motifs is 1. The summed E-state index contributed by atoms with van der Waals surface area (Å²) in [5.74, 6) is 0. The Morgan fingerprint density at radius 3 is 2.58 bits per heavy atom. The first-order valence-electron chi connectivity index (χ1n) is 5.92. The molecule has 0 spiro atoms. The molecule has 6 nitrogen and oxygen atoms in total. The molecule has 2 N–H and O–H groups in total. The highest BCUT2D eigenvalue weighted by Gasteiger charge is 2.30. The largest absolute Gasteiger partial charge is 0.302 e. The van der Waals surface area contributed by atoms with E-state index >= 15 is 0 Å². The van der Waals surface area contributed by atoms with Crippen LogP contribution in [0.5, 0.6) is 0 Å². The van der Waals surface area contributed by atoms with E-state index in [-0.39, 0.29) is 17.0 Å². The summed E-state index contributed by atoms with van der Waals surface area (Å²) in [5, 5.41) is 5.27. The van der Waals surface area contributed by atoms with E-state index in [2.05, 4.69) is 10.2 Å². The first kappa shape index (κ1) is 12.2. The molecule has 1 aromatic heterocycles. The molecule has 7 heteroatoms. The normalized spacial score (nSPS) is 16.2. The van der Waals surface area contributed by atoms with Gasteiger partial charge in [0, 0.05) is 25.2 Å². The van der Waals surface area contributed by atoms with Gasteiger partial charge in [-0.15, -0.1) is 0 Å². The number of aromatic amines is 2. The predicted octanol–water partition coefficient (Wildman–Crippen LogP) is 0.450. The van der Waals surface area contributed by atoms with Crippen LogP contribution in [0.15, 0.2) is 40.0 Å². The number of nitrogens with zero attached hydrogens (tertiary/aromatic N) is 1. The molecule has 100 valence electrons. The van der Waals surface area contributed by atoms with Gasteiger partial charge in [0.2, 0.25) is 10.0 Å². The van der Waals surface area contributed by atoms with Crippen LogP contribution in [0.2, 0.25) is 0 Å². The third-order valence-electron chi connectivity index (χ3n) is 3.29. The summed E-state index contributed by atoms with van der Waals surface area (Å²) >= 11 is 0. The summed E-state index contributed by atoms with van der Waals surface area (Å²) in [6.07, 6.45) is 0.514. The highest BCUT2D eigenvalue weighted by Crippen LogP contribution is 2.21. The second-order valence-electron chi connectivity index (χ2n) is 4.44. The summed E-state index contributed by atoms with van der Waals surface area (Å²) in [4.78, 5) is 11.8. The fraction of sp³-hybridized carbons (Fsp3) is 0.250. The highest BCUT2D eigenvalue weighted by atomic mass is 32.2. The van der Waals surface area contributed by atoms with Crippen molar-refractivity contribution in [1.29, 1.82) is 0 Å². The standard InChI is InChI=1S/C12H13N3O3S/c16-12-10-8-15(7-6-11(10)13-14-12)19(17,18)9-4-2-1-3-5-9/h1-5H,6-8H2,(H2,13,14,16). The first-order chi connectivity index (χ1) is 9.09. The van der Waals surface area contributed by atoms with Gasteiger partial charge in [0.15, 0.2) is 0 Å². The number of rotatable bonds is 2. The molecule has 2 aromatic rings. The van der Waals surface area contributed by atoms with E-state index in [0.29, 0.717) is 18.5 Å². The second kappa shape index (κ2) is 4.36. The minimum Gasteiger partial charge on any atom is -0.302 e. The number of benzene rings is 1. The molecule has 2 heterocycles. The Morgan fingerprint density at radius 1 is 1.11 bits per heavy atom. The lowest BCUT2D eigenvalue weighted by molar-refractivity contribution is 0.389. The zero-order chi connectivity index (χ0) is 13.5. The molecule has 0 radical (unpaired) electrons. The lowest BCUT2D eigenvalue weighted by Gasteiger charge is -2.25. The van der Waals surface area contributed by atoms with Gasteiger partial charge in [-0.3, -0.25) is 9.89 Å². The summed E-state index contributed by atoms with van der Waals surface area (Å²) in [5.41, 5.74) is 1.05. The minimum atomic E-state index is -3.53. The Bertz CT molecular complexity index is 746. The van der Waals surface area contributed by atoms with Crippen LogP contribution in [0, 0.1) is 0 Å². The van der Waals surface area contributed by atoms with Crippen molar-refractivity contribution in [3.8, 4) is 0 Å². The molecule has 0 aliphatic carbocycles. The molecule has 0 bridgehead atoms. The molecule has 1 aliphatic rings. The van der Waals surface area contributed by atoms with Crippen LogP contribution in [0.1, 0.15) is 11.3 Å². The maximum Gasteiger partial charge on any atom is 0.268 e. The van der Waals surface area contributed by atoms with Crippen LogP contribution in [-0.4, -0.2) is 29.5 Å². The van der Waals surface area contributed by atoms with E-state index in [0.717, 1.165) is 5.69 Å². The van der Waals surface area contributed by atoms with Crippen molar-refractivity contribution in [2.75, 3.05) is 6.54 Å². The zero-order valence-electron chi connectivity index (χ0n) is 10.1. The van der Waals surface area contributed by atoms with Crippen molar-refractivity contribution in [3.63, 3.8) is 0 Å². The van der Waals surface area contributed by atoms with Gasteiger partial charge in [0.05, 0.1) is 10.5 Å². The van der Waals surface area contributed by atoms with Crippen LogP contribution in [0.4, 0.5) is 0 Å². The van der Waals surface area contributed by atoms with Crippen molar-refractivity contribution in [1.82, 2.24) is 14.5 Å². The predicted molar refractivity (Wildman–Crippen MR) is 69.2 cm³/mol. The van der Waals surface area contributed by atoms with Crippen molar-refractivity contribution in [2.24, 2.45) is 0 Å². The van der Waals surface area contributed by atoms with Gasteiger partial charge < -0.3 is 5.10 Å². The molecule has 19 heavy (non-hydrogen) atoms. The number of hydrogen-bond acceptors (Lipinski definition) is 3. The summed E-state index contributed by atoms with van der Waals surface area (Å²) in [6, 6.07) is 8.26. The molecule has 0 atom stereocenters. The maximum atomic E-state index is 12.4. The molecular weight excluding hydrogens is 266 g/mol. The van der Waals surface area contributed by atoms with E-state index in [4.69, 9.17) is 0 Å². The molecule has 0 unspecified atom stereocenters. The number of sulfonamides is 1. The van der Waals surface area contributed by atoms with E-state index in [1.165, 1.54) is 4.31 Å². The van der Waals surface area contributed by atoms with Crippen LogP contribution >= 0.6 is 0 Å². The summed E-state index contributed by atoms with van der Waals surface area (Å²) < 4.78 is 26.2. The Morgan fingerprint density at radius 2 is 1.84 bits per heavy atom. The number of aromatic nitrogens is 2. The summed E-state index contributed by atoms with van der Waals surface area (Å²) in [7, 11) is -3.53. The van der Waals surface area contributed by atoms with Crippen LogP contribution < -0.4 is 5.56 Å². The Balaban J connectivity index is 1.97. The van der Waals surface area contributed by atoms with Gasteiger partial charge in [-0.05, 0) is 12.1 Å². The number of H-pyrrole nitrogens is 2. The fourth-order valence-corrected chi connectivity index (χ4v) is 3.67. The van der Waals surface area contributed by atoms with E-state index < -0.39 is 10.0 Å². The first-order valence-corrected chi connectivity index (χ1v) is 7.36. The molecule has 0 saturated carbocycles. The van der Waals surface area contributed by atoms with E-state index in [9.17, 15) is 13.2 Å². The fourth-order valence-electron chi connectivity index (χ4n) is 2.24. The van der Waals surface area contributed by atoms with Crippen molar-refractivity contribution in [3.05, 3.63) is 51.9 Å². The third-order valence-corrected chi connectivity index (χ3v) is 5.15. The van der Waals surface area contributed by atoms with Gasteiger partial charge in [0.1, 0.15) is 0 Å². The molecule has 3 rings (SSSR count). The average Bonchev–Trinajstić information content (AvgIpc) is 2.81. The number of nitrogens with one attached hydrogen (secondary N) is 2. The minimum absolute atomic E-state index is 0.116. The Kier molecular flexibility index (Phi) is 2.79. The van der Waals surface area contributed by atoms with Gasteiger partial charge in [0.25, 0.3) is 5.56 Å². The maximum absolute atomic E-state index is 12.4. The zero-order valence-corrected chi connectivity index (χ0v) is 10.9. The van der Waals surface area contributed by atoms with Crippen molar-refractivity contribution >= 4 is 10.0 Å². The van der Waals surface area contributed by atoms with Crippen LogP contribution in [0.3, 0.4) is 0 Å². The van der Waals surface area contributed by atoms with Crippen molar-refractivity contribution in [2.45, 2.75) is 17.9 Å². The van der Waals surface area contributed by atoms with Gasteiger partial charge in [-0.2, -0.15) is 4.31 Å². The summed E-state index contributed by atoms with van der Waals surface area (Å²) in [6.45, 7) is 0.489. The molecule has 1 aliphatic heterocycles. The Hall–Kier alpha value is -1.86. The number of hydrogen-bond donors (Lipinski definition) is 2. The van der Waals surface area contributed by atoms with Crippen LogP contribution in [0.25, 0.3) is 0 Å². The molecule has 0 amide bonds.